The number of hydrogen-bond acceptors (Lipinski definition) is 4. The molecule has 8 heteroatoms. The zero-order chi connectivity index (χ0) is 15.5. The Bertz CT molecular complexity index is 304. The van der Waals surface area contributed by atoms with Crippen LogP contribution in [0.1, 0.15) is 6.92 Å². The number of carbonyl (C=O) groups excluding carboxylic acids is 2. The van der Waals surface area contributed by atoms with E-state index in [1.165, 1.54) is 0 Å². The molecule has 0 heterocycles. The first-order chi connectivity index (χ1) is 8.60. The summed E-state index contributed by atoms with van der Waals surface area (Å²) in [5.41, 5.74) is 5.09. The number of amides is 2. The van der Waals surface area contributed by atoms with Crippen LogP contribution < -0.4 is 11.1 Å². The highest BCUT2D eigenvalue weighted by atomic mass is 28.4. The van der Waals surface area contributed by atoms with Gasteiger partial charge in [0.2, 0.25) is 0 Å². The maximum absolute atomic E-state index is 10.7. The van der Waals surface area contributed by atoms with Gasteiger partial charge >= 0.3 is 12.0 Å². The predicted molar refractivity (Wildman–Crippen MR) is 82.2 cm³/mol. The number of esters is 1. The molecule has 0 radical (unpaired) electrons. The molecular formula is C11H26N2O4Si2. The summed E-state index contributed by atoms with van der Waals surface area (Å²) in [4.78, 5) is 20.9. The van der Waals surface area contributed by atoms with Gasteiger partial charge in [-0.05, 0) is 26.6 Å². The number of nitrogens with two attached hydrogens (primary N) is 1. The molecule has 0 saturated heterocycles. The van der Waals surface area contributed by atoms with Gasteiger partial charge in [-0.25, -0.2) is 9.59 Å². The van der Waals surface area contributed by atoms with Crippen molar-refractivity contribution in [3.8, 4) is 0 Å². The van der Waals surface area contributed by atoms with Crippen molar-refractivity contribution < 1.29 is 18.4 Å². The summed E-state index contributed by atoms with van der Waals surface area (Å²) in [5.74, 6) is -0.471. The van der Waals surface area contributed by atoms with E-state index in [2.05, 4.69) is 42.8 Å². The third-order valence-corrected chi connectivity index (χ3v) is 6.18. The van der Waals surface area contributed by atoms with Gasteiger partial charge in [0.05, 0.1) is 6.54 Å². The first-order valence-electron chi connectivity index (χ1n) is 6.10. The third kappa shape index (κ3) is 19.4. The minimum atomic E-state index is -1.10. The molecule has 112 valence electrons. The Morgan fingerprint density at radius 3 is 2.16 bits per heavy atom. The molecule has 0 spiro atoms. The Kier molecular flexibility index (Phi) is 11.4. The van der Waals surface area contributed by atoms with Crippen molar-refractivity contribution in [2.75, 3.05) is 13.2 Å². The van der Waals surface area contributed by atoms with E-state index in [-0.39, 0.29) is 22.9 Å². The molecule has 0 aromatic rings. The highest BCUT2D eigenvalue weighted by Crippen LogP contribution is 1.99. The van der Waals surface area contributed by atoms with E-state index in [1.54, 1.807) is 6.92 Å². The fourth-order valence-corrected chi connectivity index (χ4v) is 4.34. The van der Waals surface area contributed by atoms with E-state index >= 15 is 0 Å². The van der Waals surface area contributed by atoms with Gasteiger partial charge in [0.15, 0.2) is 8.32 Å². The molecule has 0 aromatic carbocycles. The van der Waals surface area contributed by atoms with Crippen LogP contribution in [-0.4, -0.2) is 43.2 Å². The van der Waals surface area contributed by atoms with Crippen molar-refractivity contribution in [3.63, 3.8) is 0 Å². The minimum Gasteiger partial charge on any atom is -0.461 e. The van der Waals surface area contributed by atoms with Crippen LogP contribution in [0.3, 0.4) is 0 Å². The molecule has 0 bridgehead atoms. The van der Waals surface area contributed by atoms with Crippen molar-refractivity contribution in [2.45, 2.75) is 33.1 Å². The van der Waals surface area contributed by atoms with Gasteiger partial charge in [-0.2, -0.15) is 0 Å². The summed E-state index contributed by atoms with van der Waals surface area (Å²) in [6, 6.07) is -0.638. The summed E-state index contributed by atoms with van der Waals surface area (Å²) in [6.07, 6.45) is 0. The Balaban J connectivity index is 0. The van der Waals surface area contributed by atoms with Crippen molar-refractivity contribution in [3.05, 3.63) is 12.2 Å². The van der Waals surface area contributed by atoms with Gasteiger partial charge in [0.1, 0.15) is 16.4 Å². The van der Waals surface area contributed by atoms with Crippen LogP contribution in [0, 0.1) is 0 Å². The summed E-state index contributed by atoms with van der Waals surface area (Å²) >= 11 is 0. The number of hydrogen-bond donors (Lipinski definition) is 2. The first-order valence-corrected chi connectivity index (χ1v) is 11.5. The molecule has 0 aromatic heterocycles. The molecule has 2 amide bonds. The van der Waals surface area contributed by atoms with Gasteiger partial charge in [0, 0.05) is 5.57 Å². The topological polar surface area (TPSA) is 90.6 Å². The van der Waals surface area contributed by atoms with Crippen molar-refractivity contribution in [1.29, 1.82) is 0 Å². The number of rotatable bonds is 6. The lowest BCUT2D eigenvalue weighted by atomic mass is 10.4. The second-order valence-corrected chi connectivity index (χ2v) is 10.7. The monoisotopic (exact) mass is 306 g/mol. The van der Waals surface area contributed by atoms with Gasteiger partial charge in [-0.15, -0.1) is 0 Å². The standard InChI is InChI=1S/C7H12N2O3.C4H14OSi2/c1-5(2)6(10)12-4-3-9-7(8)11;1-6-5-7(2,3)4/h1,3-4H2,2H3,(H3,8,9,11);6H2,1-4H3. The molecule has 0 saturated carbocycles. The second kappa shape index (κ2) is 10.8. The van der Waals surface area contributed by atoms with Crippen LogP contribution in [-0.2, 0) is 13.6 Å². The number of nitrogens with one attached hydrogen (secondary N) is 1. The number of urea groups is 1. The van der Waals surface area contributed by atoms with E-state index in [0.29, 0.717) is 5.57 Å². The van der Waals surface area contributed by atoms with Crippen molar-refractivity contribution in [1.82, 2.24) is 5.32 Å². The summed E-state index contributed by atoms with van der Waals surface area (Å²) in [5, 5.41) is 2.27. The minimum absolute atomic E-state index is 0.106. The van der Waals surface area contributed by atoms with Crippen molar-refractivity contribution in [2.24, 2.45) is 5.73 Å². The first kappa shape index (κ1) is 20.2. The highest BCUT2D eigenvalue weighted by Gasteiger charge is 2.10. The largest absolute Gasteiger partial charge is 0.461 e. The zero-order valence-electron chi connectivity index (χ0n) is 12.5. The fourth-order valence-electron chi connectivity index (χ4n) is 0.874. The molecule has 6 nitrogen and oxygen atoms in total. The van der Waals surface area contributed by atoms with Crippen LogP contribution in [0.5, 0.6) is 0 Å². The van der Waals surface area contributed by atoms with Crippen LogP contribution in [0.2, 0.25) is 26.2 Å². The maximum atomic E-state index is 10.7. The Labute approximate surface area is 118 Å². The normalized spacial score (nSPS) is 10.6. The quantitative estimate of drug-likeness (QED) is 0.328. The van der Waals surface area contributed by atoms with Gasteiger partial charge in [0.25, 0.3) is 0 Å². The van der Waals surface area contributed by atoms with E-state index < -0.39 is 20.3 Å². The Morgan fingerprint density at radius 2 is 1.89 bits per heavy atom. The molecular weight excluding hydrogens is 280 g/mol. The molecule has 0 atom stereocenters. The molecule has 0 unspecified atom stereocenters. The van der Waals surface area contributed by atoms with Crippen molar-refractivity contribution >= 4 is 30.1 Å². The summed E-state index contributed by atoms with van der Waals surface area (Å²) in [6.45, 7) is 14.1. The lowest BCUT2D eigenvalue weighted by Gasteiger charge is -2.14. The average Bonchev–Trinajstić information content (AvgIpc) is 2.22. The molecule has 0 aliphatic carbocycles. The summed E-state index contributed by atoms with van der Waals surface area (Å²) in [7, 11) is -1.22. The molecule has 19 heavy (non-hydrogen) atoms. The van der Waals surface area contributed by atoms with E-state index in [4.69, 9.17) is 9.85 Å². The lowest BCUT2D eigenvalue weighted by molar-refractivity contribution is -0.138. The molecule has 0 aliphatic heterocycles. The average molecular weight is 307 g/mol. The predicted octanol–water partition coefficient (Wildman–Crippen LogP) is 0.744. The van der Waals surface area contributed by atoms with Crippen LogP contribution in [0.15, 0.2) is 12.2 Å². The highest BCUT2D eigenvalue weighted by molar-refractivity contribution is 6.73. The Hall–Kier alpha value is -1.13. The number of carbonyl (C=O) groups is 2. The zero-order valence-corrected chi connectivity index (χ0v) is 15.0. The van der Waals surface area contributed by atoms with Crippen LogP contribution in [0.4, 0.5) is 4.79 Å². The number of ether oxygens (including phenoxy) is 1. The van der Waals surface area contributed by atoms with E-state index in [9.17, 15) is 9.59 Å². The van der Waals surface area contributed by atoms with E-state index in [1.807, 2.05) is 0 Å². The smallest absolute Gasteiger partial charge is 0.333 e. The Morgan fingerprint density at radius 1 is 1.37 bits per heavy atom. The van der Waals surface area contributed by atoms with Gasteiger partial charge in [-0.3, -0.25) is 0 Å². The molecule has 0 aliphatic rings. The lowest BCUT2D eigenvalue weighted by Crippen LogP contribution is -2.32. The van der Waals surface area contributed by atoms with Crippen LogP contribution in [0.25, 0.3) is 0 Å². The fraction of sp³-hybridized carbons (Fsp3) is 0.636. The molecule has 3 N–H and O–H groups in total. The number of primary amides is 1. The van der Waals surface area contributed by atoms with Crippen LogP contribution >= 0.6 is 0 Å². The maximum Gasteiger partial charge on any atom is 0.333 e. The molecule has 0 fully saturated rings. The van der Waals surface area contributed by atoms with E-state index in [0.717, 1.165) is 0 Å². The summed E-state index contributed by atoms with van der Waals surface area (Å²) < 4.78 is 10.2. The molecule has 0 rings (SSSR count). The van der Waals surface area contributed by atoms with Gasteiger partial charge in [-0.1, -0.05) is 13.1 Å². The third-order valence-electron chi connectivity index (χ3n) is 1.56. The van der Waals surface area contributed by atoms with Gasteiger partial charge < -0.3 is 19.9 Å². The second-order valence-electron chi connectivity index (χ2n) is 4.75. The SMILES string of the molecule is C=C(C)C(=O)OCCNC(N)=O.C[SiH2]O[Si](C)(C)C.